The van der Waals surface area contributed by atoms with Crippen LogP contribution < -0.4 is 9.62 Å². The number of hydrogen-bond donors (Lipinski definition) is 1. The number of nitrogens with one attached hydrogen (secondary N) is 1. The molecule has 3 aromatic rings. The number of aryl methyl sites for hydroxylation is 1. The van der Waals surface area contributed by atoms with Gasteiger partial charge in [0.05, 0.1) is 21.3 Å². The van der Waals surface area contributed by atoms with Crippen LogP contribution in [0.5, 0.6) is 0 Å². The van der Waals surface area contributed by atoms with Gasteiger partial charge in [0.2, 0.25) is 5.91 Å². The van der Waals surface area contributed by atoms with Crippen LogP contribution in [-0.4, -0.2) is 20.9 Å². The predicted octanol–water partition coefficient (Wildman–Crippen LogP) is 5.24. The lowest BCUT2D eigenvalue weighted by atomic mass is 10.2. The molecule has 0 aromatic heterocycles. The van der Waals surface area contributed by atoms with Crippen LogP contribution in [0.2, 0.25) is 5.02 Å². The van der Waals surface area contributed by atoms with Gasteiger partial charge in [-0.2, -0.15) is 0 Å². The molecule has 8 heteroatoms. The molecule has 0 spiro atoms. The van der Waals surface area contributed by atoms with Gasteiger partial charge in [-0.15, -0.1) is 0 Å². The molecule has 0 saturated carbocycles. The fourth-order valence-corrected chi connectivity index (χ4v) is 4.51. The van der Waals surface area contributed by atoms with Gasteiger partial charge in [0.15, 0.2) is 0 Å². The fourth-order valence-electron chi connectivity index (χ4n) is 2.64. The number of carbonyl (C=O) groups excluding carboxylic acids is 1. The summed E-state index contributed by atoms with van der Waals surface area (Å²) in [6.45, 7) is 1.48. The number of hydrogen-bond acceptors (Lipinski definition) is 3. The Kier molecular flexibility index (Phi) is 6.62. The van der Waals surface area contributed by atoms with Crippen molar-refractivity contribution >= 4 is 54.8 Å². The summed E-state index contributed by atoms with van der Waals surface area (Å²) in [4.78, 5) is 12.8. The summed E-state index contributed by atoms with van der Waals surface area (Å²) in [6.07, 6.45) is 0. The van der Waals surface area contributed by atoms with Crippen molar-refractivity contribution in [3.05, 3.63) is 87.9 Å². The van der Waals surface area contributed by atoms with Gasteiger partial charge in [0, 0.05) is 4.47 Å². The van der Waals surface area contributed by atoms with Gasteiger partial charge in [0.1, 0.15) is 6.54 Å². The van der Waals surface area contributed by atoms with Crippen LogP contribution in [0.3, 0.4) is 0 Å². The van der Waals surface area contributed by atoms with E-state index in [1.807, 2.05) is 6.92 Å². The largest absolute Gasteiger partial charge is 0.323 e. The second-order valence-electron chi connectivity index (χ2n) is 6.33. The molecule has 150 valence electrons. The van der Waals surface area contributed by atoms with Gasteiger partial charge < -0.3 is 5.32 Å². The summed E-state index contributed by atoms with van der Waals surface area (Å²) in [7, 11) is -3.96. The molecule has 0 unspecified atom stereocenters. The average Bonchev–Trinajstić information content (AvgIpc) is 2.69. The van der Waals surface area contributed by atoms with E-state index in [1.54, 1.807) is 60.7 Å². The summed E-state index contributed by atoms with van der Waals surface area (Å²) < 4.78 is 28.5. The molecule has 0 aliphatic rings. The molecule has 1 N–H and O–H groups in total. The third-order valence-electron chi connectivity index (χ3n) is 4.16. The molecular formula is C21H18BrClN2O3S. The monoisotopic (exact) mass is 492 g/mol. The lowest BCUT2D eigenvalue weighted by Gasteiger charge is -2.24. The molecule has 3 aromatic carbocycles. The highest BCUT2D eigenvalue weighted by Crippen LogP contribution is 2.26. The molecule has 0 aliphatic carbocycles. The van der Waals surface area contributed by atoms with E-state index in [4.69, 9.17) is 11.6 Å². The van der Waals surface area contributed by atoms with Crippen molar-refractivity contribution in [2.45, 2.75) is 11.8 Å². The second kappa shape index (κ2) is 8.98. The quantitative estimate of drug-likeness (QED) is 0.510. The van der Waals surface area contributed by atoms with Crippen LogP contribution in [0.25, 0.3) is 0 Å². The Bertz CT molecular complexity index is 1120. The molecule has 0 radical (unpaired) electrons. The van der Waals surface area contributed by atoms with Crippen LogP contribution in [0.15, 0.2) is 82.2 Å². The van der Waals surface area contributed by atoms with E-state index in [1.165, 1.54) is 12.1 Å². The van der Waals surface area contributed by atoms with Crippen LogP contribution in [-0.2, 0) is 14.8 Å². The molecule has 0 saturated heterocycles. The minimum atomic E-state index is -3.96. The second-order valence-corrected chi connectivity index (χ2v) is 9.51. The molecular weight excluding hydrogens is 476 g/mol. The van der Waals surface area contributed by atoms with Crippen LogP contribution in [0.4, 0.5) is 11.4 Å². The highest BCUT2D eigenvalue weighted by molar-refractivity contribution is 9.10. The van der Waals surface area contributed by atoms with E-state index in [2.05, 4.69) is 21.2 Å². The molecule has 0 bridgehead atoms. The summed E-state index contributed by atoms with van der Waals surface area (Å²) in [5, 5.41) is 3.04. The summed E-state index contributed by atoms with van der Waals surface area (Å²) >= 11 is 9.43. The molecule has 0 heterocycles. The average molecular weight is 494 g/mol. The highest BCUT2D eigenvalue weighted by atomic mass is 79.9. The van der Waals surface area contributed by atoms with E-state index in [-0.39, 0.29) is 4.90 Å². The Morgan fingerprint density at radius 3 is 2.24 bits per heavy atom. The van der Waals surface area contributed by atoms with Crippen molar-refractivity contribution in [3.8, 4) is 0 Å². The Morgan fingerprint density at radius 2 is 1.62 bits per heavy atom. The number of carbonyl (C=O) groups is 1. The molecule has 0 aliphatic heterocycles. The first kappa shape index (κ1) is 21.4. The highest BCUT2D eigenvalue weighted by Gasteiger charge is 2.27. The maximum atomic E-state index is 13.3. The van der Waals surface area contributed by atoms with Crippen molar-refractivity contribution in [2.24, 2.45) is 0 Å². The van der Waals surface area contributed by atoms with Gasteiger partial charge in [-0.1, -0.05) is 57.4 Å². The normalized spacial score (nSPS) is 11.1. The Hall–Kier alpha value is -2.35. The molecule has 5 nitrogen and oxygen atoms in total. The third kappa shape index (κ3) is 5.18. The number of sulfonamides is 1. The fraction of sp³-hybridized carbons (Fsp3) is 0.0952. The standard InChI is InChI=1S/C21H18BrClN2O3S/c1-15-6-12-18(13-7-15)29(27,28)25(17-10-8-16(22)9-11-17)14-21(26)24-20-5-3-2-4-19(20)23/h2-13H,14H2,1H3,(H,24,26). The van der Waals surface area contributed by atoms with Gasteiger partial charge in [0.25, 0.3) is 10.0 Å². The van der Waals surface area contributed by atoms with Crippen molar-refractivity contribution in [3.63, 3.8) is 0 Å². The number of rotatable bonds is 6. The first-order valence-corrected chi connectivity index (χ1v) is 11.3. The lowest BCUT2D eigenvalue weighted by molar-refractivity contribution is -0.114. The summed E-state index contributed by atoms with van der Waals surface area (Å²) in [5.74, 6) is -0.503. The van der Waals surface area contributed by atoms with Crippen LogP contribution in [0.1, 0.15) is 5.56 Å². The summed E-state index contributed by atoms with van der Waals surface area (Å²) in [5.41, 5.74) is 1.74. The van der Waals surface area contributed by atoms with E-state index < -0.39 is 22.5 Å². The van der Waals surface area contributed by atoms with Gasteiger partial charge in [-0.05, 0) is 55.5 Å². The van der Waals surface area contributed by atoms with Crippen LogP contribution >= 0.6 is 27.5 Å². The zero-order valence-corrected chi connectivity index (χ0v) is 18.6. The number of benzene rings is 3. The number of nitrogens with zero attached hydrogens (tertiary/aromatic N) is 1. The topological polar surface area (TPSA) is 66.5 Å². The first-order valence-electron chi connectivity index (χ1n) is 8.67. The molecule has 0 atom stereocenters. The molecule has 3 rings (SSSR count). The van der Waals surface area contributed by atoms with E-state index >= 15 is 0 Å². The van der Waals surface area contributed by atoms with Crippen molar-refractivity contribution < 1.29 is 13.2 Å². The van der Waals surface area contributed by atoms with Gasteiger partial charge in [-0.25, -0.2) is 8.42 Å². The number of anilines is 2. The minimum absolute atomic E-state index is 0.108. The molecule has 1 amide bonds. The number of para-hydroxylation sites is 1. The Morgan fingerprint density at radius 1 is 1.00 bits per heavy atom. The number of amides is 1. The summed E-state index contributed by atoms with van der Waals surface area (Å²) in [6, 6.07) is 20.0. The Labute approximate surface area is 183 Å². The zero-order valence-electron chi connectivity index (χ0n) is 15.5. The maximum absolute atomic E-state index is 13.3. The third-order valence-corrected chi connectivity index (χ3v) is 6.81. The Balaban J connectivity index is 1.95. The first-order chi connectivity index (χ1) is 13.8. The van der Waals surface area contributed by atoms with Crippen LogP contribution in [0, 0.1) is 6.92 Å². The molecule has 29 heavy (non-hydrogen) atoms. The van der Waals surface area contributed by atoms with E-state index in [0.29, 0.717) is 16.4 Å². The van der Waals surface area contributed by atoms with Gasteiger partial charge in [-0.3, -0.25) is 9.10 Å². The smallest absolute Gasteiger partial charge is 0.264 e. The zero-order chi connectivity index (χ0) is 21.0. The van der Waals surface area contributed by atoms with Crippen molar-refractivity contribution in [1.82, 2.24) is 0 Å². The van der Waals surface area contributed by atoms with Crippen molar-refractivity contribution in [2.75, 3.05) is 16.2 Å². The maximum Gasteiger partial charge on any atom is 0.264 e. The van der Waals surface area contributed by atoms with Crippen molar-refractivity contribution in [1.29, 1.82) is 0 Å². The minimum Gasteiger partial charge on any atom is -0.323 e. The lowest BCUT2D eigenvalue weighted by Crippen LogP contribution is -2.38. The van der Waals surface area contributed by atoms with E-state index in [9.17, 15) is 13.2 Å². The molecule has 0 fully saturated rings. The van der Waals surface area contributed by atoms with Gasteiger partial charge >= 0.3 is 0 Å². The predicted molar refractivity (Wildman–Crippen MR) is 120 cm³/mol. The van der Waals surface area contributed by atoms with E-state index in [0.717, 1.165) is 14.3 Å². The SMILES string of the molecule is Cc1ccc(S(=O)(=O)N(CC(=O)Nc2ccccc2Cl)c2ccc(Br)cc2)cc1. The number of halogens is 2.